The van der Waals surface area contributed by atoms with E-state index in [1.807, 2.05) is 49.4 Å². The van der Waals surface area contributed by atoms with E-state index in [1.54, 1.807) is 0 Å². The van der Waals surface area contributed by atoms with Crippen molar-refractivity contribution >= 4 is 34.8 Å². The molecule has 2 nitrogen and oxygen atoms in total. The van der Waals surface area contributed by atoms with Crippen LogP contribution in [0.1, 0.15) is 22.3 Å². The summed E-state index contributed by atoms with van der Waals surface area (Å²) in [5.74, 6) is 0.535. The van der Waals surface area contributed by atoms with Crippen molar-refractivity contribution in [2.75, 3.05) is 11.2 Å². The van der Waals surface area contributed by atoms with Crippen LogP contribution in [0.15, 0.2) is 42.5 Å². The molecule has 0 unspecified atom stereocenters. The summed E-state index contributed by atoms with van der Waals surface area (Å²) >= 11 is 5.81. The quantitative estimate of drug-likeness (QED) is 0.665. The number of benzene rings is 2. The highest BCUT2D eigenvalue weighted by Crippen LogP contribution is 2.34. The Morgan fingerprint density at radius 3 is 2.76 bits per heavy atom. The minimum atomic E-state index is -0.0451. The molecule has 1 heterocycles. The van der Waals surface area contributed by atoms with Gasteiger partial charge in [-0.25, -0.2) is 0 Å². The van der Waals surface area contributed by atoms with Crippen molar-refractivity contribution in [2.45, 2.75) is 13.3 Å². The van der Waals surface area contributed by atoms with Crippen molar-refractivity contribution in [3.8, 4) is 0 Å². The third-order valence-corrected chi connectivity index (χ3v) is 3.93. The van der Waals surface area contributed by atoms with E-state index in [4.69, 9.17) is 11.6 Å². The first-order valence-electron chi connectivity index (χ1n) is 6.97. The molecule has 1 N–H and O–H groups in total. The van der Waals surface area contributed by atoms with Crippen LogP contribution < -0.4 is 5.32 Å². The third-order valence-electron chi connectivity index (χ3n) is 3.74. The Morgan fingerprint density at radius 1 is 1.19 bits per heavy atom. The van der Waals surface area contributed by atoms with Crippen LogP contribution in [0.2, 0.25) is 0 Å². The van der Waals surface area contributed by atoms with Crippen LogP contribution in [0.4, 0.5) is 5.69 Å². The van der Waals surface area contributed by atoms with Gasteiger partial charge in [0.2, 0.25) is 0 Å². The van der Waals surface area contributed by atoms with Crippen LogP contribution in [0.25, 0.3) is 11.6 Å². The van der Waals surface area contributed by atoms with Gasteiger partial charge in [-0.15, -0.1) is 11.6 Å². The molecular weight excluding hydrogens is 282 g/mol. The maximum atomic E-state index is 12.2. The monoisotopic (exact) mass is 297 g/mol. The van der Waals surface area contributed by atoms with Gasteiger partial charge in [0.25, 0.3) is 5.91 Å². The van der Waals surface area contributed by atoms with E-state index in [0.29, 0.717) is 5.88 Å². The minimum absolute atomic E-state index is 0.0451. The van der Waals surface area contributed by atoms with Gasteiger partial charge in [-0.2, -0.15) is 0 Å². The summed E-state index contributed by atoms with van der Waals surface area (Å²) < 4.78 is 0. The molecule has 1 amide bonds. The lowest BCUT2D eigenvalue weighted by Gasteiger charge is -2.04. The van der Waals surface area contributed by atoms with Crippen molar-refractivity contribution < 1.29 is 4.79 Å². The van der Waals surface area contributed by atoms with Crippen LogP contribution >= 0.6 is 11.6 Å². The number of alkyl halides is 1. The van der Waals surface area contributed by atoms with E-state index in [9.17, 15) is 4.79 Å². The van der Waals surface area contributed by atoms with Crippen molar-refractivity contribution in [1.82, 2.24) is 0 Å². The topological polar surface area (TPSA) is 29.1 Å². The maximum Gasteiger partial charge on any atom is 0.256 e. The summed E-state index contributed by atoms with van der Waals surface area (Å²) in [5, 5.41) is 2.92. The lowest BCUT2D eigenvalue weighted by molar-refractivity contribution is -0.110. The fourth-order valence-corrected chi connectivity index (χ4v) is 2.77. The zero-order valence-corrected chi connectivity index (χ0v) is 12.6. The number of halogens is 1. The van der Waals surface area contributed by atoms with Gasteiger partial charge >= 0.3 is 0 Å². The molecule has 0 aromatic heterocycles. The molecule has 0 bridgehead atoms. The normalized spacial score (nSPS) is 15.1. The first-order chi connectivity index (χ1) is 10.2. The van der Waals surface area contributed by atoms with E-state index in [0.717, 1.165) is 39.9 Å². The number of fused-ring (bicyclic) bond motifs is 1. The Bertz CT molecular complexity index is 734. The highest BCUT2D eigenvalue weighted by molar-refractivity contribution is 6.35. The molecule has 0 radical (unpaired) electrons. The molecule has 3 heteroatoms. The van der Waals surface area contributed by atoms with Gasteiger partial charge in [-0.1, -0.05) is 30.3 Å². The van der Waals surface area contributed by atoms with Gasteiger partial charge in [0, 0.05) is 22.7 Å². The average Bonchev–Trinajstić information content (AvgIpc) is 2.78. The van der Waals surface area contributed by atoms with Crippen LogP contribution in [-0.4, -0.2) is 11.8 Å². The van der Waals surface area contributed by atoms with Gasteiger partial charge < -0.3 is 5.32 Å². The molecule has 21 heavy (non-hydrogen) atoms. The molecule has 1 aliphatic heterocycles. The summed E-state index contributed by atoms with van der Waals surface area (Å²) in [6.45, 7) is 2.05. The first kappa shape index (κ1) is 13.9. The van der Waals surface area contributed by atoms with Gasteiger partial charge in [0.15, 0.2) is 0 Å². The van der Waals surface area contributed by atoms with Crippen LogP contribution in [0.3, 0.4) is 0 Å². The molecule has 0 saturated heterocycles. The standard InChI is InChI=1S/C18H16ClNO/c1-12-4-2-3-5-14(12)11-16-15-10-13(8-9-19)6-7-17(15)20-18(16)21/h2-7,10-11H,8-9H2,1H3,(H,20,21). The zero-order valence-electron chi connectivity index (χ0n) is 11.8. The van der Waals surface area contributed by atoms with Crippen LogP contribution in [0, 0.1) is 6.92 Å². The Morgan fingerprint density at radius 2 is 2.00 bits per heavy atom. The predicted molar refractivity (Wildman–Crippen MR) is 88.5 cm³/mol. The molecule has 0 aliphatic carbocycles. The average molecular weight is 298 g/mol. The third kappa shape index (κ3) is 2.72. The number of hydrogen-bond acceptors (Lipinski definition) is 1. The number of carbonyl (C=O) groups excluding carboxylic acids is 1. The van der Waals surface area contributed by atoms with Crippen molar-refractivity contribution in [3.63, 3.8) is 0 Å². The summed E-state index contributed by atoms with van der Waals surface area (Å²) in [6.07, 6.45) is 2.77. The summed E-state index contributed by atoms with van der Waals surface area (Å²) in [7, 11) is 0. The summed E-state index contributed by atoms with van der Waals surface area (Å²) in [4.78, 5) is 12.2. The predicted octanol–water partition coefficient (Wildman–Crippen LogP) is 4.27. The van der Waals surface area contributed by atoms with Crippen molar-refractivity contribution in [2.24, 2.45) is 0 Å². The van der Waals surface area contributed by atoms with Gasteiger partial charge in [-0.3, -0.25) is 4.79 Å². The van der Waals surface area contributed by atoms with E-state index in [-0.39, 0.29) is 5.91 Å². The highest BCUT2D eigenvalue weighted by Gasteiger charge is 2.24. The van der Waals surface area contributed by atoms with E-state index in [1.165, 1.54) is 0 Å². The number of anilines is 1. The van der Waals surface area contributed by atoms with E-state index >= 15 is 0 Å². The number of rotatable bonds is 3. The van der Waals surface area contributed by atoms with E-state index in [2.05, 4.69) is 11.4 Å². The minimum Gasteiger partial charge on any atom is -0.321 e. The molecule has 0 saturated carbocycles. The van der Waals surface area contributed by atoms with Gasteiger partial charge in [-0.05, 0) is 48.2 Å². The molecular formula is C18H16ClNO. The number of hydrogen-bond donors (Lipinski definition) is 1. The highest BCUT2D eigenvalue weighted by atomic mass is 35.5. The fraction of sp³-hybridized carbons (Fsp3) is 0.167. The Balaban J connectivity index is 2.07. The molecule has 2 aromatic carbocycles. The van der Waals surface area contributed by atoms with E-state index < -0.39 is 0 Å². The SMILES string of the molecule is Cc1ccccc1C=C1C(=O)Nc2ccc(CCCl)cc21. The summed E-state index contributed by atoms with van der Waals surface area (Å²) in [5.41, 5.74) is 5.93. The number of nitrogens with one attached hydrogen (secondary N) is 1. The largest absolute Gasteiger partial charge is 0.321 e. The molecule has 106 valence electrons. The maximum absolute atomic E-state index is 12.2. The lowest BCUT2D eigenvalue weighted by atomic mass is 9.99. The fourth-order valence-electron chi connectivity index (χ4n) is 2.55. The number of carbonyl (C=O) groups is 1. The molecule has 1 aliphatic rings. The Hall–Kier alpha value is -2.06. The van der Waals surface area contributed by atoms with Gasteiger partial charge in [0.05, 0.1) is 0 Å². The second-order valence-corrected chi connectivity index (χ2v) is 5.57. The Labute approximate surface area is 129 Å². The molecule has 3 rings (SSSR count). The molecule has 0 fully saturated rings. The zero-order chi connectivity index (χ0) is 14.8. The molecule has 0 atom stereocenters. The Kier molecular flexibility index (Phi) is 3.80. The van der Waals surface area contributed by atoms with Crippen LogP contribution in [-0.2, 0) is 11.2 Å². The smallest absolute Gasteiger partial charge is 0.256 e. The van der Waals surface area contributed by atoms with Crippen molar-refractivity contribution in [1.29, 1.82) is 0 Å². The second-order valence-electron chi connectivity index (χ2n) is 5.19. The van der Waals surface area contributed by atoms with Crippen molar-refractivity contribution in [3.05, 3.63) is 64.7 Å². The number of aryl methyl sites for hydroxylation is 2. The lowest BCUT2D eigenvalue weighted by Crippen LogP contribution is -2.03. The summed E-state index contributed by atoms with van der Waals surface area (Å²) in [6, 6.07) is 14.1. The first-order valence-corrected chi connectivity index (χ1v) is 7.50. The molecule has 0 spiro atoms. The van der Waals surface area contributed by atoms with Gasteiger partial charge in [0.1, 0.15) is 0 Å². The molecule has 2 aromatic rings. The number of amides is 1. The second kappa shape index (κ2) is 5.74. The van der Waals surface area contributed by atoms with Crippen LogP contribution in [0.5, 0.6) is 0 Å².